The first-order valence-corrected chi connectivity index (χ1v) is 10.7. The number of halogens is 1. The van der Waals surface area contributed by atoms with Crippen molar-refractivity contribution in [3.05, 3.63) is 71.6 Å². The van der Waals surface area contributed by atoms with Crippen LogP contribution in [0.3, 0.4) is 0 Å². The number of nitrogens with one attached hydrogen (secondary N) is 2. The molecule has 0 unspecified atom stereocenters. The molecule has 0 spiro atoms. The van der Waals surface area contributed by atoms with Gasteiger partial charge in [0.2, 0.25) is 5.95 Å². The third kappa shape index (κ3) is 3.10. The van der Waals surface area contributed by atoms with Gasteiger partial charge in [0.25, 0.3) is 5.91 Å². The smallest absolute Gasteiger partial charge is 0.254 e. The third-order valence-electron chi connectivity index (χ3n) is 6.27. The van der Waals surface area contributed by atoms with E-state index >= 15 is 0 Å². The number of aromatic amines is 1. The quantitative estimate of drug-likeness (QED) is 0.513. The predicted molar refractivity (Wildman–Crippen MR) is 114 cm³/mol. The van der Waals surface area contributed by atoms with Crippen LogP contribution in [0.5, 0.6) is 0 Å². The minimum absolute atomic E-state index is 0.151. The highest BCUT2D eigenvalue weighted by atomic mass is 19.1. The lowest BCUT2D eigenvalue weighted by atomic mass is 9.93. The van der Waals surface area contributed by atoms with E-state index < -0.39 is 0 Å². The Labute approximate surface area is 182 Å². The van der Waals surface area contributed by atoms with E-state index in [9.17, 15) is 9.18 Å². The molecule has 1 aliphatic carbocycles. The number of hydrogen-bond donors (Lipinski definition) is 2. The molecule has 1 aliphatic heterocycles. The molecule has 2 N–H and O–H groups in total. The van der Waals surface area contributed by atoms with Crippen LogP contribution in [-0.4, -0.2) is 48.0 Å². The molecule has 9 nitrogen and oxygen atoms in total. The lowest BCUT2D eigenvalue weighted by molar-refractivity contribution is 0.0916. The van der Waals surface area contributed by atoms with Gasteiger partial charge in [0.1, 0.15) is 17.4 Å². The van der Waals surface area contributed by atoms with Crippen LogP contribution in [0.4, 0.5) is 10.3 Å². The maximum Gasteiger partial charge on any atom is 0.254 e. The lowest BCUT2D eigenvalue weighted by Crippen LogP contribution is -2.40. The largest absolute Gasteiger partial charge is 0.349 e. The van der Waals surface area contributed by atoms with Gasteiger partial charge in [-0.05, 0) is 37.5 Å². The molecule has 5 heterocycles. The summed E-state index contributed by atoms with van der Waals surface area (Å²) in [5, 5.41) is 7.61. The van der Waals surface area contributed by atoms with Crippen LogP contribution >= 0.6 is 0 Å². The Kier molecular flexibility index (Phi) is 4.37. The van der Waals surface area contributed by atoms with E-state index in [0.717, 1.165) is 37.1 Å². The topological polar surface area (TPSA) is 104 Å². The molecule has 1 atom stereocenters. The molecule has 0 radical (unpaired) electrons. The van der Waals surface area contributed by atoms with Crippen LogP contribution in [0.1, 0.15) is 52.7 Å². The highest BCUT2D eigenvalue weighted by Crippen LogP contribution is 2.35. The van der Waals surface area contributed by atoms with E-state index in [1.165, 1.54) is 10.6 Å². The van der Waals surface area contributed by atoms with Gasteiger partial charge in [-0.25, -0.2) is 23.9 Å². The second-order valence-electron chi connectivity index (χ2n) is 8.24. The summed E-state index contributed by atoms with van der Waals surface area (Å²) in [5.41, 5.74) is 3.31. The van der Waals surface area contributed by atoms with Gasteiger partial charge in [-0.1, -0.05) is 0 Å². The molecule has 32 heavy (non-hydrogen) atoms. The first-order chi connectivity index (χ1) is 15.7. The van der Waals surface area contributed by atoms with Gasteiger partial charge in [-0.15, -0.1) is 0 Å². The van der Waals surface area contributed by atoms with Crippen molar-refractivity contribution in [1.29, 1.82) is 0 Å². The van der Waals surface area contributed by atoms with Gasteiger partial charge >= 0.3 is 0 Å². The minimum atomic E-state index is -0.376. The number of carbonyl (C=O) groups excluding carboxylic acids is 1. The number of aromatic nitrogens is 6. The van der Waals surface area contributed by atoms with Crippen molar-refractivity contribution < 1.29 is 9.18 Å². The Morgan fingerprint density at radius 2 is 2.06 bits per heavy atom. The summed E-state index contributed by atoms with van der Waals surface area (Å²) < 4.78 is 15.8. The van der Waals surface area contributed by atoms with Crippen molar-refractivity contribution in [2.24, 2.45) is 0 Å². The standard InChI is InChI=1S/C22H21FN8O/c23-15-5-2-7-31-18(15)9-17(29-31)20-19-16(26-12-27-19)6-8-30(20)22-24-10-13(11-25-22)21(32)28-14-3-1-4-14/h2,5,7,9-12,14,20H,1,3-4,6,8H2,(H,26,27)(H,28,32)/t20-/m1/s1. The summed E-state index contributed by atoms with van der Waals surface area (Å²) in [6.07, 6.45) is 10.4. The Hall–Kier alpha value is -3.82. The van der Waals surface area contributed by atoms with Gasteiger partial charge in [0.05, 0.1) is 23.3 Å². The Morgan fingerprint density at radius 3 is 2.81 bits per heavy atom. The highest BCUT2D eigenvalue weighted by molar-refractivity contribution is 5.93. The monoisotopic (exact) mass is 432 g/mol. The molecule has 6 rings (SSSR count). The normalized spacial score (nSPS) is 18.4. The summed E-state index contributed by atoms with van der Waals surface area (Å²) in [7, 11) is 0. The fourth-order valence-corrected chi connectivity index (χ4v) is 4.33. The summed E-state index contributed by atoms with van der Waals surface area (Å²) in [5.74, 6) is -0.0165. The second-order valence-corrected chi connectivity index (χ2v) is 8.24. The molecule has 162 valence electrons. The van der Waals surface area contributed by atoms with Crippen molar-refractivity contribution >= 4 is 17.4 Å². The van der Waals surface area contributed by atoms with Gasteiger partial charge in [0.15, 0.2) is 0 Å². The number of fused-ring (bicyclic) bond motifs is 2. The number of pyridine rings is 1. The molecule has 0 bridgehead atoms. The molecule has 4 aromatic rings. The van der Waals surface area contributed by atoms with Crippen molar-refractivity contribution in [2.75, 3.05) is 11.4 Å². The van der Waals surface area contributed by atoms with Gasteiger partial charge in [-0.3, -0.25) is 4.79 Å². The minimum Gasteiger partial charge on any atom is -0.349 e. The zero-order chi connectivity index (χ0) is 21.7. The van der Waals surface area contributed by atoms with E-state index in [0.29, 0.717) is 29.3 Å². The number of H-pyrrole nitrogens is 1. The van der Waals surface area contributed by atoms with Gasteiger partial charge in [-0.2, -0.15) is 5.10 Å². The van der Waals surface area contributed by atoms with Crippen LogP contribution in [-0.2, 0) is 6.42 Å². The molecule has 2 aliphatic rings. The fourth-order valence-electron chi connectivity index (χ4n) is 4.33. The number of nitrogens with zero attached hydrogens (tertiary/aromatic N) is 6. The number of anilines is 1. The van der Waals surface area contributed by atoms with Crippen LogP contribution in [0.2, 0.25) is 0 Å². The molecule has 1 saturated carbocycles. The predicted octanol–water partition coefficient (Wildman–Crippen LogP) is 2.42. The van der Waals surface area contributed by atoms with E-state index in [-0.39, 0.29) is 23.8 Å². The van der Waals surface area contributed by atoms with E-state index in [2.05, 4.69) is 30.4 Å². The summed E-state index contributed by atoms with van der Waals surface area (Å²) >= 11 is 0. The first kappa shape index (κ1) is 18.9. The molecule has 0 aromatic carbocycles. The van der Waals surface area contributed by atoms with Crippen LogP contribution < -0.4 is 10.2 Å². The van der Waals surface area contributed by atoms with Crippen LogP contribution in [0.25, 0.3) is 5.52 Å². The number of hydrogen-bond acceptors (Lipinski definition) is 6. The number of rotatable bonds is 4. The average Bonchev–Trinajstić information content (AvgIpc) is 3.43. The van der Waals surface area contributed by atoms with Crippen LogP contribution in [0.15, 0.2) is 43.1 Å². The van der Waals surface area contributed by atoms with E-state index in [1.807, 2.05) is 4.90 Å². The Balaban J connectivity index is 1.35. The molecule has 4 aromatic heterocycles. The van der Waals surface area contributed by atoms with Gasteiger partial charge in [0, 0.05) is 43.3 Å². The van der Waals surface area contributed by atoms with Crippen molar-refractivity contribution in [2.45, 2.75) is 37.8 Å². The second kappa shape index (κ2) is 7.40. The summed E-state index contributed by atoms with van der Waals surface area (Å²) in [4.78, 5) is 31.1. The molecule has 1 amide bonds. The van der Waals surface area contributed by atoms with Crippen molar-refractivity contribution in [3.63, 3.8) is 0 Å². The van der Waals surface area contributed by atoms with Crippen LogP contribution in [0, 0.1) is 5.82 Å². The number of carbonyl (C=O) groups is 1. The van der Waals surface area contributed by atoms with Gasteiger partial charge < -0.3 is 15.2 Å². The Morgan fingerprint density at radius 1 is 1.22 bits per heavy atom. The van der Waals surface area contributed by atoms with E-state index in [1.54, 1.807) is 37.1 Å². The Bertz CT molecular complexity index is 1290. The maximum atomic E-state index is 14.3. The average molecular weight is 432 g/mol. The third-order valence-corrected chi connectivity index (χ3v) is 6.27. The molecule has 0 saturated heterocycles. The highest BCUT2D eigenvalue weighted by Gasteiger charge is 2.35. The summed E-state index contributed by atoms with van der Waals surface area (Å²) in [6.45, 7) is 0.629. The number of imidazole rings is 1. The van der Waals surface area contributed by atoms with Crippen molar-refractivity contribution in [3.8, 4) is 0 Å². The zero-order valence-electron chi connectivity index (χ0n) is 17.2. The summed E-state index contributed by atoms with van der Waals surface area (Å²) in [6, 6.07) is 4.64. The molecular weight excluding hydrogens is 411 g/mol. The SMILES string of the molecule is O=C(NC1CCC1)c1cnc(N2CCc3[nH]cnc3[C@H]2c2cc3c(F)cccn3n2)nc1. The first-order valence-electron chi connectivity index (χ1n) is 10.7. The molecular formula is C22H21FN8O. The fraction of sp³-hybridized carbons (Fsp3) is 0.318. The van der Waals surface area contributed by atoms with E-state index in [4.69, 9.17) is 0 Å². The number of amides is 1. The lowest BCUT2D eigenvalue weighted by Gasteiger charge is -2.33. The molecule has 10 heteroatoms. The molecule has 1 fully saturated rings. The van der Waals surface area contributed by atoms with Crippen molar-refractivity contribution in [1.82, 2.24) is 34.9 Å². The maximum absolute atomic E-state index is 14.3. The zero-order valence-corrected chi connectivity index (χ0v) is 17.2.